The minimum absolute atomic E-state index is 0.0721. The maximum atomic E-state index is 12.2. The van der Waals surface area contributed by atoms with Crippen LogP contribution in [-0.2, 0) is 19.1 Å². The molecule has 0 heterocycles. The Labute approximate surface area is 348 Å². The number of aliphatic hydroxyl groups excluding tert-OH is 1. The summed E-state index contributed by atoms with van der Waals surface area (Å²) in [7, 11) is 0. The summed E-state index contributed by atoms with van der Waals surface area (Å²) in [6, 6.07) is 0. The van der Waals surface area contributed by atoms with Crippen molar-refractivity contribution in [2.75, 3.05) is 13.2 Å². The van der Waals surface area contributed by atoms with Crippen molar-refractivity contribution in [3.63, 3.8) is 0 Å². The van der Waals surface area contributed by atoms with Crippen molar-refractivity contribution >= 4 is 11.9 Å². The quantitative estimate of drug-likeness (QED) is 0.0378. The summed E-state index contributed by atoms with van der Waals surface area (Å²) in [6.45, 7) is 4.10. The summed E-state index contributed by atoms with van der Waals surface area (Å²) in [4.78, 5) is 24.4. The molecule has 1 atom stereocenters. The maximum Gasteiger partial charge on any atom is 0.306 e. The summed E-state index contributed by atoms with van der Waals surface area (Å²) in [6.07, 6.45) is 60.6. The number of hydrogen-bond acceptors (Lipinski definition) is 5. The highest BCUT2D eigenvalue weighted by Gasteiger charge is 2.16. The minimum atomic E-state index is -0.777. The number of carbonyl (C=O) groups is 2. The van der Waals surface area contributed by atoms with Gasteiger partial charge in [-0.1, -0.05) is 204 Å². The van der Waals surface area contributed by atoms with Crippen LogP contribution in [0.5, 0.6) is 0 Å². The van der Waals surface area contributed by atoms with Gasteiger partial charge in [-0.3, -0.25) is 9.59 Å². The van der Waals surface area contributed by atoms with Crippen LogP contribution < -0.4 is 0 Å². The number of ether oxygens (including phenoxy) is 2. The lowest BCUT2D eigenvalue weighted by Crippen LogP contribution is -2.28. The molecule has 0 radical (unpaired) electrons. The van der Waals surface area contributed by atoms with E-state index < -0.39 is 6.10 Å². The Morgan fingerprint density at radius 3 is 1.09 bits per heavy atom. The Balaban J connectivity index is 3.49. The molecule has 0 saturated heterocycles. The molecule has 5 nitrogen and oxygen atoms in total. The average Bonchev–Trinajstić information content (AvgIpc) is 3.20. The molecule has 0 saturated carbocycles. The van der Waals surface area contributed by atoms with E-state index in [9.17, 15) is 14.7 Å². The molecule has 0 bridgehead atoms. The third-order valence-electron chi connectivity index (χ3n) is 10.6. The second-order valence-corrected chi connectivity index (χ2v) is 16.2. The molecule has 0 rings (SSSR count). The van der Waals surface area contributed by atoms with Crippen molar-refractivity contribution < 1.29 is 24.2 Å². The molecule has 0 amide bonds. The molecule has 1 N–H and O–H groups in total. The number of aliphatic hydroxyl groups is 1. The second kappa shape index (κ2) is 47.2. The van der Waals surface area contributed by atoms with Crippen LogP contribution in [0, 0.1) is 0 Å². The van der Waals surface area contributed by atoms with Crippen LogP contribution in [0.15, 0.2) is 48.6 Å². The van der Waals surface area contributed by atoms with Gasteiger partial charge in [0.2, 0.25) is 0 Å². The molecule has 0 fully saturated rings. The predicted molar refractivity (Wildman–Crippen MR) is 242 cm³/mol. The van der Waals surface area contributed by atoms with Gasteiger partial charge in [-0.2, -0.15) is 0 Å². The van der Waals surface area contributed by atoms with E-state index in [4.69, 9.17) is 9.47 Å². The van der Waals surface area contributed by atoms with Crippen LogP contribution in [0.1, 0.15) is 245 Å². The van der Waals surface area contributed by atoms with Crippen molar-refractivity contribution in [1.29, 1.82) is 0 Å². The SMILES string of the molecule is CCCCC/C=C\C/C=C\CCCCCCCC(=O)OCC(CO)OC(=O)CCCCCCCCCCCCCCCCC/C=C\C/C=C\CCCCCCC. The van der Waals surface area contributed by atoms with Gasteiger partial charge in [0.05, 0.1) is 6.61 Å². The van der Waals surface area contributed by atoms with Gasteiger partial charge in [0.1, 0.15) is 6.61 Å². The van der Waals surface area contributed by atoms with Gasteiger partial charge in [-0.15, -0.1) is 0 Å². The highest BCUT2D eigenvalue weighted by molar-refractivity contribution is 5.70. The fourth-order valence-electron chi connectivity index (χ4n) is 6.91. The highest BCUT2D eigenvalue weighted by Crippen LogP contribution is 2.15. The smallest absolute Gasteiger partial charge is 0.306 e. The molecule has 5 heteroatoms. The van der Waals surface area contributed by atoms with Crippen LogP contribution in [0.4, 0.5) is 0 Å². The molecule has 326 valence electrons. The first-order chi connectivity index (χ1) is 27.6. The van der Waals surface area contributed by atoms with Crippen molar-refractivity contribution in [2.24, 2.45) is 0 Å². The molecule has 0 aliphatic rings. The first-order valence-corrected chi connectivity index (χ1v) is 24.2. The molecule has 56 heavy (non-hydrogen) atoms. The van der Waals surface area contributed by atoms with E-state index in [2.05, 4.69) is 62.5 Å². The third-order valence-corrected chi connectivity index (χ3v) is 10.6. The number of unbranched alkanes of at least 4 members (excludes halogenated alkanes) is 28. The lowest BCUT2D eigenvalue weighted by atomic mass is 10.0. The summed E-state index contributed by atoms with van der Waals surface area (Å²) >= 11 is 0. The first-order valence-electron chi connectivity index (χ1n) is 24.2. The maximum absolute atomic E-state index is 12.2. The fraction of sp³-hybridized carbons (Fsp3) is 0.804. The standard InChI is InChI=1S/C51H92O5/c1-3-5-7-9-11-13-15-17-19-20-21-22-23-24-25-26-27-28-29-30-32-34-36-38-40-42-44-46-51(54)56-49(47-52)48-55-50(53)45-43-41-39-37-35-33-31-18-16-14-12-10-8-6-4-2/h12,14-15,17-18,20-21,31,49,52H,3-11,13,16,19,22-30,32-48H2,1-2H3/b14-12-,17-15-,21-20-,31-18-. The van der Waals surface area contributed by atoms with Gasteiger partial charge in [-0.05, 0) is 77.0 Å². The molecular weight excluding hydrogens is 693 g/mol. The Morgan fingerprint density at radius 1 is 0.411 bits per heavy atom. The lowest BCUT2D eigenvalue weighted by Gasteiger charge is -2.15. The number of hydrogen-bond donors (Lipinski definition) is 1. The van der Waals surface area contributed by atoms with Crippen molar-refractivity contribution in [3.05, 3.63) is 48.6 Å². The molecular formula is C51H92O5. The zero-order valence-electron chi connectivity index (χ0n) is 37.1. The number of esters is 2. The van der Waals surface area contributed by atoms with Gasteiger partial charge >= 0.3 is 11.9 Å². The van der Waals surface area contributed by atoms with Crippen molar-refractivity contribution in [1.82, 2.24) is 0 Å². The molecule has 0 spiro atoms. The van der Waals surface area contributed by atoms with E-state index in [-0.39, 0.29) is 25.2 Å². The first kappa shape index (κ1) is 53.9. The Morgan fingerprint density at radius 2 is 0.714 bits per heavy atom. The number of allylic oxidation sites excluding steroid dienone is 8. The fourth-order valence-corrected chi connectivity index (χ4v) is 6.91. The Bertz CT molecular complexity index is 935. The van der Waals surface area contributed by atoms with Gasteiger partial charge in [0, 0.05) is 12.8 Å². The monoisotopic (exact) mass is 785 g/mol. The summed E-state index contributed by atoms with van der Waals surface area (Å²) in [5.41, 5.74) is 0. The van der Waals surface area contributed by atoms with Gasteiger partial charge < -0.3 is 14.6 Å². The largest absolute Gasteiger partial charge is 0.462 e. The second-order valence-electron chi connectivity index (χ2n) is 16.2. The van der Waals surface area contributed by atoms with E-state index in [1.165, 1.54) is 161 Å². The van der Waals surface area contributed by atoms with E-state index in [0.29, 0.717) is 12.8 Å². The minimum Gasteiger partial charge on any atom is -0.462 e. The topological polar surface area (TPSA) is 72.8 Å². The van der Waals surface area contributed by atoms with Crippen LogP contribution >= 0.6 is 0 Å². The molecule has 0 aromatic rings. The molecule has 0 aliphatic heterocycles. The van der Waals surface area contributed by atoms with Crippen LogP contribution in [0.25, 0.3) is 0 Å². The van der Waals surface area contributed by atoms with Gasteiger partial charge in [0.25, 0.3) is 0 Å². The molecule has 1 unspecified atom stereocenters. The van der Waals surface area contributed by atoms with Crippen LogP contribution in [0.3, 0.4) is 0 Å². The Hall–Kier alpha value is -2.14. The third kappa shape index (κ3) is 44.6. The van der Waals surface area contributed by atoms with E-state index in [1.807, 2.05) is 0 Å². The Kier molecular flexibility index (Phi) is 45.4. The zero-order valence-corrected chi connectivity index (χ0v) is 37.1. The van der Waals surface area contributed by atoms with Gasteiger partial charge in [0.15, 0.2) is 6.10 Å². The predicted octanol–water partition coefficient (Wildman–Crippen LogP) is 15.7. The molecule has 0 aromatic heterocycles. The lowest BCUT2D eigenvalue weighted by molar-refractivity contribution is -0.161. The zero-order chi connectivity index (χ0) is 40.7. The van der Waals surface area contributed by atoms with Gasteiger partial charge in [-0.25, -0.2) is 0 Å². The molecule has 0 aliphatic carbocycles. The highest BCUT2D eigenvalue weighted by atomic mass is 16.6. The summed E-state index contributed by atoms with van der Waals surface area (Å²) in [5, 5.41) is 9.60. The number of rotatable bonds is 44. The van der Waals surface area contributed by atoms with Crippen LogP contribution in [0.2, 0.25) is 0 Å². The van der Waals surface area contributed by atoms with E-state index in [1.54, 1.807) is 0 Å². The average molecular weight is 785 g/mol. The summed E-state index contributed by atoms with van der Waals surface area (Å²) < 4.78 is 10.6. The van der Waals surface area contributed by atoms with Crippen molar-refractivity contribution in [2.45, 2.75) is 251 Å². The normalized spacial score (nSPS) is 12.6. The summed E-state index contributed by atoms with van der Waals surface area (Å²) in [5.74, 6) is -0.601. The number of carbonyl (C=O) groups excluding carboxylic acids is 2. The van der Waals surface area contributed by atoms with E-state index >= 15 is 0 Å². The van der Waals surface area contributed by atoms with E-state index in [0.717, 1.165) is 57.8 Å². The van der Waals surface area contributed by atoms with Crippen molar-refractivity contribution in [3.8, 4) is 0 Å². The van der Waals surface area contributed by atoms with Crippen LogP contribution in [-0.4, -0.2) is 36.4 Å². The molecule has 0 aromatic carbocycles.